The van der Waals surface area contributed by atoms with Gasteiger partial charge in [0.05, 0.1) is 0 Å². The molecule has 0 bridgehead atoms. The SMILES string of the molecule is Cc1cc(C(=CCC(C)C)OO)ccc1Br. The molecule has 0 spiro atoms. The zero-order valence-electron chi connectivity index (χ0n) is 9.83. The van der Waals surface area contributed by atoms with E-state index < -0.39 is 0 Å². The summed E-state index contributed by atoms with van der Waals surface area (Å²) in [5.74, 6) is 1.06. The molecule has 1 aromatic rings. The lowest BCUT2D eigenvalue weighted by Crippen LogP contribution is -1.91. The van der Waals surface area contributed by atoms with Crippen LogP contribution in [-0.4, -0.2) is 5.26 Å². The van der Waals surface area contributed by atoms with Crippen LogP contribution >= 0.6 is 15.9 Å². The molecule has 16 heavy (non-hydrogen) atoms. The van der Waals surface area contributed by atoms with Crippen LogP contribution in [0.5, 0.6) is 0 Å². The first-order chi connectivity index (χ1) is 7.54. The van der Waals surface area contributed by atoms with Crippen molar-refractivity contribution >= 4 is 21.7 Å². The van der Waals surface area contributed by atoms with Gasteiger partial charge in [0, 0.05) is 10.0 Å². The number of halogens is 1. The molecule has 0 unspecified atom stereocenters. The summed E-state index contributed by atoms with van der Waals surface area (Å²) in [5, 5.41) is 8.87. The Morgan fingerprint density at radius 2 is 2.19 bits per heavy atom. The number of aryl methyl sites for hydroxylation is 1. The highest BCUT2D eigenvalue weighted by molar-refractivity contribution is 9.10. The van der Waals surface area contributed by atoms with Crippen LogP contribution in [0.4, 0.5) is 0 Å². The van der Waals surface area contributed by atoms with E-state index in [2.05, 4.69) is 34.7 Å². The monoisotopic (exact) mass is 284 g/mol. The minimum absolute atomic E-state index is 0.518. The normalized spacial score (nSPS) is 12.0. The average molecular weight is 285 g/mol. The fourth-order valence-corrected chi connectivity index (χ4v) is 1.60. The maximum Gasteiger partial charge on any atom is 0.168 e. The van der Waals surface area contributed by atoms with E-state index in [0.29, 0.717) is 11.7 Å². The van der Waals surface area contributed by atoms with Gasteiger partial charge < -0.3 is 4.89 Å². The minimum atomic E-state index is 0.518. The van der Waals surface area contributed by atoms with E-state index in [4.69, 9.17) is 5.26 Å². The second kappa shape index (κ2) is 6.06. The Hall–Kier alpha value is -0.800. The van der Waals surface area contributed by atoms with Crippen molar-refractivity contribution in [3.63, 3.8) is 0 Å². The molecule has 0 aliphatic carbocycles. The smallest absolute Gasteiger partial charge is 0.168 e. The molecule has 0 saturated carbocycles. The van der Waals surface area contributed by atoms with Gasteiger partial charge in [-0.1, -0.05) is 29.8 Å². The van der Waals surface area contributed by atoms with Crippen LogP contribution in [-0.2, 0) is 4.89 Å². The minimum Gasteiger partial charge on any atom is -0.340 e. The van der Waals surface area contributed by atoms with E-state index in [1.165, 1.54) is 0 Å². The molecule has 0 fully saturated rings. The molecule has 88 valence electrons. The van der Waals surface area contributed by atoms with Crippen molar-refractivity contribution in [3.05, 3.63) is 39.9 Å². The predicted molar refractivity (Wildman–Crippen MR) is 70.0 cm³/mol. The Labute approximate surface area is 105 Å². The van der Waals surface area contributed by atoms with Crippen molar-refractivity contribution in [2.45, 2.75) is 27.2 Å². The predicted octanol–water partition coefficient (Wildman–Crippen LogP) is 4.63. The van der Waals surface area contributed by atoms with Gasteiger partial charge in [-0.15, -0.1) is 0 Å². The first-order valence-corrected chi connectivity index (χ1v) is 6.12. The molecule has 3 heteroatoms. The van der Waals surface area contributed by atoms with Gasteiger partial charge in [-0.25, -0.2) is 5.26 Å². The molecule has 0 aliphatic heterocycles. The fourth-order valence-electron chi connectivity index (χ4n) is 1.35. The standard InChI is InChI=1S/C13H17BrO2/c1-9(2)4-7-13(16-15)11-5-6-12(14)10(3)8-11/h5-9,15H,4H2,1-3H3. The Morgan fingerprint density at radius 3 is 2.69 bits per heavy atom. The number of allylic oxidation sites excluding steroid dienone is 1. The largest absolute Gasteiger partial charge is 0.340 e. The second-order valence-electron chi connectivity index (χ2n) is 4.25. The van der Waals surface area contributed by atoms with Gasteiger partial charge in [0.15, 0.2) is 5.76 Å². The van der Waals surface area contributed by atoms with Gasteiger partial charge in [0.1, 0.15) is 0 Å². The van der Waals surface area contributed by atoms with Crippen molar-refractivity contribution < 1.29 is 10.1 Å². The van der Waals surface area contributed by atoms with Gasteiger partial charge in [0.2, 0.25) is 0 Å². The Morgan fingerprint density at radius 1 is 1.50 bits per heavy atom. The summed E-state index contributed by atoms with van der Waals surface area (Å²) < 4.78 is 1.05. The highest BCUT2D eigenvalue weighted by Crippen LogP contribution is 2.23. The van der Waals surface area contributed by atoms with E-state index >= 15 is 0 Å². The third-order valence-corrected chi connectivity index (χ3v) is 3.21. The number of rotatable bonds is 4. The van der Waals surface area contributed by atoms with E-state index in [1.807, 2.05) is 31.2 Å². The van der Waals surface area contributed by atoms with Crippen LogP contribution in [0.15, 0.2) is 28.7 Å². The summed E-state index contributed by atoms with van der Waals surface area (Å²) in [5.41, 5.74) is 2.01. The van der Waals surface area contributed by atoms with E-state index in [1.54, 1.807) is 0 Å². The lowest BCUT2D eigenvalue weighted by atomic mass is 10.1. The van der Waals surface area contributed by atoms with Crippen molar-refractivity contribution in [1.82, 2.24) is 0 Å². The van der Waals surface area contributed by atoms with E-state index in [-0.39, 0.29) is 0 Å². The average Bonchev–Trinajstić information content (AvgIpc) is 2.23. The quantitative estimate of drug-likeness (QED) is 0.496. The summed E-state index contributed by atoms with van der Waals surface area (Å²) in [4.78, 5) is 4.43. The highest BCUT2D eigenvalue weighted by Gasteiger charge is 2.05. The summed E-state index contributed by atoms with van der Waals surface area (Å²) in [6.45, 7) is 6.25. The Balaban J connectivity index is 2.95. The first kappa shape index (κ1) is 13.3. The molecule has 0 aromatic heterocycles. The van der Waals surface area contributed by atoms with Gasteiger partial charge in [-0.05, 0) is 49.1 Å². The molecule has 1 rings (SSSR count). The van der Waals surface area contributed by atoms with Gasteiger partial charge >= 0.3 is 0 Å². The Bertz CT molecular complexity index is 384. The lowest BCUT2D eigenvalue weighted by molar-refractivity contribution is -0.170. The third kappa shape index (κ3) is 3.65. The third-order valence-electron chi connectivity index (χ3n) is 2.32. The lowest BCUT2D eigenvalue weighted by Gasteiger charge is -2.07. The van der Waals surface area contributed by atoms with Crippen LogP contribution in [0.25, 0.3) is 5.76 Å². The van der Waals surface area contributed by atoms with Crippen LogP contribution in [0.2, 0.25) is 0 Å². The molecular weight excluding hydrogens is 268 g/mol. The second-order valence-corrected chi connectivity index (χ2v) is 5.11. The molecule has 0 atom stereocenters. The van der Waals surface area contributed by atoms with Crippen LogP contribution in [0.1, 0.15) is 31.4 Å². The van der Waals surface area contributed by atoms with Crippen molar-refractivity contribution in [3.8, 4) is 0 Å². The number of hydrogen-bond donors (Lipinski definition) is 1. The highest BCUT2D eigenvalue weighted by atomic mass is 79.9. The molecule has 0 aliphatic rings. The van der Waals surface area contributed by atoms with Gasteiger partial charge in [-0.2, -0.15) is 0 Å². The molecule has 0 amide bonds. The summed E-state index contributed by atoms with van der Waals surface area (Å²) in [6, 6.07) is 5.85. The zero-order valence-corrected chi connectivity index (χ0v) is 11.4. The first-order valence-electron chi connectivity index (χ1n) is 5.32. The molecule has 0 saturated heterocycles. The maximum absolute atomic E-state index is 8.87. The molecular formula is C13H17BrO2. The summed E-state index contributed by atoms with van der Waals surface area (Å²) in [6.07, 6.45) is 2.79. The van der Waals surface area contributed by atoms with Crippen molar-refractivity contribution in [2.75, 3.05) is 0 Å². The van der Waals surface area contributed by atoms with Gasteiger partial charge in [0.25, 0.3) is 0 Å². The van der Waals surface area contributed by atoms with Crippen molar-refractivity contribution in [2.24, 2.45) is 5.92 Å². The maximum atomic E-state index is 8.87. The summed E-state index contributed by atoms with van der Waals surface area (Å²) >= 11 is 3.44. The van der Waals surface area contributed by atoms with Gasteiger partial charge in [-0.3, -0.25) is 0 Å². The zero-order chi connectivity index (χ0) is 12.1. The molecule has 0 heterocycles. The van der Waals surface area contributed by atoms with Crippen LogP contribution in [0, 0.1) is 12.8 Å². The molecule has 1 N–H and O–H groups in total. The summed E-state index contributed by atoms with van der Waals surface area (Å²) in [7, 11) is 0. The van der Waals surface area contributed by atoms with E-state index in [0.717, 1.165) is 22.0 Å². The van der Waals surface area contributed by atoms with Crippen LogP contribution < -0.4 is 0 Å². The van der Waals surface area contributed by atoms with Crippen molar-refractivity contribution in [1.29, 1.82) is 0 Å². The molecule has 2 nitrogen and oxygen atoms in total. The fraction of sp³-hybridized carbons (Fsp3) is 0.385. The number of benzene rings is 1. The van der Waals surface area contributed by atoms with Crippen LogP contribution in [0.3, 0.4) is 0 Å². The number of hydrogen-bond acceptors (Lipinski definition) is 2. The van der Waals surface area contributed by atoms with E-state index in [9.17, 15) is 0 Å². The topological polar surface area (TPSA) is 29.5 Å². The molecule has 0 radical (unpaired) electrons. The Kier molecular flexibility index (Phi) is 5.03. The molecule has 1 aromatic carbocycles.